The molecule has 0 aliphatic carbocycles. The molecule has 1 heterocycles. The summed E-state index contributed by atoms with van der Waals surface area (Å²) in [4.78, 5) is 19.5. The minimum atomic E-state index is -0.454. The quantitative estimate of drug-likeness (QED) is 0.502. The lowest BCUT2D eigenvalue weighted by atomic mass is 10.1. The number of hydrogen-bond acceptors (Lipinski definition) is 4. The van der Waals surface area contributed by atoms with Crippen molar-refractivity contribution in [1.82, 2.24) is 9.97 Å². The number of aromatic amines is 1. The van der Waals surface area contributed by atoms with E-state index in [9.17, 15) is 10.1 Å². The maximum atomic E-state index is 12.3. The molecule has 1 aromatic heterocycles. The molecule has 0 saturated heterocycles. The van der Waals surface area contributed by atoms with Crippen LogP contribution >= 0.6 is 0 Å². The van der Waals surface area contributed by atoms with E-state index in [4.69, 9.17) is 0 Å². The van der Waals surface area contributed by atoms with Gasteiger partial charge in [0.25, 0.3) is 5.91 Å². The number of nitrogens with zero attached hydrogens (tertiary/aromatic N) is 2. The minimum absolute atomic E-state index is 0.00955. The van der Waals surface area contributed by atoms with Crippen molar-refractivity contribution in [2.24, 2.45) is 0 Å². The molecule has 124 valence electrons. The van der Waals surface area contributed by atoms with Crippen molar-refractivity contribution >= 4 is 28.3 Å². The van der Waals surface area contributed by atoms with Crippen LogP contribution in [0.25, 0.3) is 11.0 Å². The summed E-state index contributed by atoms with van der Waals surface area (Å²) >= 11 is 0. The molecule has 0 aliphatic heterocycles. The predicted octanol–water partition coefficient (Wildman–Crippen LogP) is 3.64. The van der Waals surface area contributed by atoms with E-state index in [-0.39, 0.29) is 5.57 Å². The van der Waals surface area contributed by atoms with Gasteiger partial charge in [0.2, 0.25) is 0 Å². The predicted molar refractivity (Wildman–Crippen MR) is 98.0 cm³/mol. The Hall–Kier alpha value is -3.59. The highest BCUT2D eigenvalue weighted by molar-refractivity contribution is 6.07. The fourth-order valence-corrected chi connectivity index (χ4v) is 2.47. The van der Waals surface area contributed by atoms with Crippen LogP contribution < -0.4 is 10.6 Å². The third-order valence-electron chi connectivity index (χ3n) is 3.80. The summed E-state index contributed by atoms with van der Waals surface area (Å²) in [6.45, 7) is 3.90. The van der Waals surface area contributed by atoms with Crippen LogP contribution in [-0.2, 0) is 4.79 Å². The molecule has 0 atom stereocenters. The molecular weight excluding hydrogens is 314 g/mol. The van der Waals surface area contributed by atoms with Crippen LogP contribution in [0, 0.1) is 25.2 Å². The van der Waals surface area contributed by atoms with E-state index in [1.807, 2.05) is 56.3 Å². The zero-order valence-electron chi connectivity index (χ0n) is 13.9. The average molecular weight is 331 g/mol. The van der Waals surface area contributed by atoms with Gasteiger partial charge in [0.1, 0.15) is 11.6 Å². The Morgan fingerprint density at radius 2 is 2.08 bits per heavy atom. The first-order valence-corrected chi connectivity index (χ1v) is 7.75. The third-order valence-corrected chi connectivity index (χ3v) is 3.80. The Bertz CT molecular complexity index is 1010. The number of nitriles is 1. The second-order valence-corrected chi connectivity index (χ2v) is 5.72. The second-order valence-electron chi connectivity index (χ2n) is 5.72. The zero-order chi connectivity index (χ0) is 17.8. The molecule has 25 heavy (non-hydrogen) atoms. The lowest BCUT2D eigenvalue weighted by Crippen LogP contribution is -2.15. The number of H-pyrrole nitrogens is 1. The van der Waals surface area contributed by atoms with Gasteiger partial charge < -0.3 is 15.6 Å². The fraction of sp³-hybridized carbons (Fsp3) is 0.105. The molecule has 6 nitrogen and oxygen atoms in total. The van der Waals surface area contributed by atoms with Gasteiger partial charge in [0, 0.05) is 17.6 Å². The molecule has 0 unspecified atom stereocenters. The van der Waals surface area contributed by atoms with Crippen LogP contribution in [0.15, 0.2) is 54.5 Å². The highest BCUT2D eigenvalue weighted by Gasteiger charge is 2.10. The van der Waals surface area contributed by atoms with E-state index < -0.39 is 5.91 Å². The highest BCUT2D eigenvalue weighted by atomic mass is 16.1. The van der Waals surface area contributed by atoms with Crippen LogP contribution in [0.1, 0.15) is 11.1 Å². The summed E-state index contributed by atoms with van der Waals surface area (Å²) < 4.78 is 0. The van der Waals surface area contributed by atoms with Gasteiger partial charge in [-0.05, 0) is 43.7 Å². The molecule has 0 bridgehead atoms. The molecule has 0 aliphatic rings. The number of aromatic nitrogens is 2. The summed E-state index contributed by atoms with van der Waals surface area (Å²) in [6, 6.07) is 13.2. The van der Waals surface area contributed by atoms with Gasteiger partial charge >= 0.3 is 0 Å². The van der Waals surface area contributed by atoms with Gasteiger partial charge in [-0.3, -0.25) is 4.79 Å². The van der Waals surface area contributed by atoms with Crippen LogP contribution in [-0.4, -0.2) is 15.9 Å². The van der Waals surface area contributed by atoms with Gasteiger partial charge in [-0.25, -0.2) is 4.98 Å². The van der Waals surface area contributed by atoms with E-state index in [0.717, 1.165) is 27.8 Å². The van der Waals surface area contributed by atoms with Crippen LogP contribution in [0.5, 0.6) is 0 Å². The maximum absolute atomic E-state index is 12.3. The normalized spacial score (nSPS) is 11.2. The van der Waals surface area contributed by atoms with Crippen LogP contribution in [0.3, 0.4) is 0 Å². The lowest BCUT2D eigenvalue weighted by Gasteiger charge is -2.09. The molecule has 0 saturated carbocycles. The summed E-state index contributed by atoms with van der Waals surface area (Å²) in [5, 5.41) is 15.0. The van der Waals surface area contributed by atoms with E-state index in [1.165, 1.54) is 6.20 Å². The summed E-state index contributed by atoms with van der Waals surface area (Å²) in [5.74, 6) is -0.454. The Morgan fingerprint density at radius 3 is 2.84 bits per heavy atom. The van der Waals surface area contributed by atoms with Gasteiger partial charge in [0.15, 0.2) is 0 Å². The van der Waals surface area contributed by atoms with Crippen molar-refractivity contribution in [2.45, 2.75) is 13.8 Å². The van der Waals surface area contributed by atoms with Gasteiger partial charge in [-0.15, -0.1) is 0 Å². The first-order valence-electron chi connectivity index (χ1n) is 7.75. The number of fused-ring (bicyclic) bond motifs is 1. The molecular formula is C19H17N5O. The Morgan fingerprint density at radius 1 is 1.24 bits per heavy atom. The Kier molecular flexibility index (Phi) is 4.48. The minimum Gasteiger partial charge on any atom is -0.360 e. The van der Waals surface area contributed by atoms with E-state index >= 15 is 0 Å². The topological polar surface area (TPSA) is 93.6 Å². The van der Waals surface area contributed by atoms with Crippen LogP contribution in [0.4, 0.5) is 11.4 Å². The van der Waals surface area contributed by atoms with Gasteiger partial charge in [0.05, 0.1) is 17.4 Å². The van der Waals surface area contributed by atoms with Gasteiger partial charge in [-0.2, -0.15) is 5.26 Å². The van der Waals surface area contributed by atoms with Gasteiger partial charge in [-0.1, -0.05) is 17.7 Å². The monoisotopic (exact) mass is 331 g/mol. The average Bonchev–Trinajstić information content (AvgIpc) is 3.05. The zero-order valence-corrected chi connectivity index (χ0v) is 13.9. The SMILES string of the molecule is Cc1ccc(NC(=O)/C(C#N)=C\Nc2ccc3nc[nH]c3c2)c(C)c1. The van der Waals surface area contributed by atoms with E-state index in [0.29, 0.717) is 5.69 Å². The number of benzene rings is 2. The number of anilines is 2. The second kappa shape index (κ2) is 6.89. The van der Waals surface area contributed by atoms with Crippen LogP contribution in [0.2, 0.25) is 0 Å². The number of hydrogen-bond donors (Lipinski definition) is 3. The van der Waals surface area contributed by atoms with Crippen molar-refractivity contribution in [2.75, 3.05) is 10.6 Å². The number of amides is 1. The van der Waals surface area contributed by atoms with Crippen molar-refractivity contribution in [3.8, 4) is 6.07 Å². The van der Waals surface area contributed by atoms with Crippen molar-refractivity contribution in [3.05, 3.63) is 65.6 Å². The molecule has 0 spiro atoms. The fourth-order valence-electron chi connectivity index (χ4n) is 2.47. The van der Waals surface area contributed by atoms with E-state index in [1.54, 1.807) is 6.33 Å². The largest absolute Gasteiger partial charge is 0.360 e. The molecule has 3 aromatic rings. The van der Waals surface area contributed by atoms with Crippen molar-refractivity contribution < 1.29 is 4.79 Å². The summed E-state index contributed by atoms with van der Waals surface area (Å²) in [7, 11) is 0. The standard InChI is InChI=1S/C19H17N5O/c1-12-3-5-16(13(2)7-12)24-19(25)14(9-20)10-21-15-4-6-17-18(8-15)23-11-22-17/h3-8,10-11,21H,1-2H3,(H,22,23)(H,24,25)/b14-10-. The maximum Gasteiger partial charge on any atom is 0.267 e. The number of aryl methyl sites for hydroxylation is 2. The number of nitrogens with one attached hydrogen (secondary N) is 3. The smallest absolute Gasteiger partial charge is 0.267 e. The summed E-state index contributed by atoms with van der Waals surface area (Å²) in [5.41, 5.74) is 5.22. The summed E-state index contributed by atoms with van der Waals surface area (Å²) in [6.07, 6.45) is 3.01. The lowest BCUT2D eigenvalue weighted by molar-refractivity contribution is -0.112. The highest BCUT2D eigenvalue weighted by Crippen LogP contribution is 2.18. The molecule has 1 amide bonds. The third kappa shape index (κ3) is 3.67. The molecule has 3 rings (SSSR count). The number of rotatable bonds is 4. The first kappa shape index (κ1) is 16.3. The molecule has 6 heteroatoms. The number of imidazole rings is 1. The molecule has 3 N–H and O–H groups in total. The first-order chi connectivity index (χ1) is 12.1. The number of carbonyl (C=O) groups excluding carboxylic acids is 1. The number of carbonyl (C=O) groups is 1. The van der Waals surface area contributed by atoms with Crippen molar-refractivity contribution in [1.29, 1.82) is 5.26 Å². The Labute approximate surface area is 145 Å². The molecule has 0 radical (unpaired) electrons. The molecule has 2 aromatic carbocycles. The Balaban J connectivity index is 1.75. The van der Waals surface area contributed by atoms with Crippen molar-refractivity contribution in [3.63, 3.8) is 0 Å². The van der Waals surface area contributed by atoms with E-state index in [2.05, 4.69) is 20.6 Å². The molecule has 0 fully saturated rings.